The fraction of sp³-hybridized carbons (Fsp3) is 0.667. The van der Waals surface area contributed by atoms with E-state index in [0.717, 1.165) is 37.7 Å². The lowest BCUT2D eigenvalue weighted by atomic mass is 9.83. The van der Waals surface area contributed by atoms with Gasteiger partial charge in [-0.2, -0.15) is 0 Å². The highest BCUT2D eigenvalue weighted by molar-refractivity contribution is 6.29. The molecule has 1 aromatic rings. The van der Waals surface area contributed by atoms with Crippen molar-refractivity contribution in [1.29, 1.82) is 0 Å². The summed E-state index contributed by atoms with van der Waals surface area (Å²) in [5.41, 5.74) is 1.42. The lowest BCUT2D eigenvalue weighted by Crippen LogP contribution is -2.43. The van der Waals surface area contributed by atoms with E-state index < -0.39 is 0 Å². The van der Waals surface area contributed by atoms with Crippen molar-refractivity contribution in [2.45, 2.75) is 45.6 Å². The normalized spacial score (nSPS) is 17.0. The number of aromatic nitrogens is 1. The number of pyridine rings is 1. The number of guanidine groups is 1. The van der Waals surface area contributed by atoms with E-state index in [2.05, 4.69) is 27.5 Å². The van der Waals surface area contributed by atoms with Crippen molar-refractivity contribution < 1.29 is 4.74 Å². The van der Waals surface area contributed by atoms with Gasteiger partial charge >= 0.3 is 0 Å². The van der Waals surface area contributed by atoms with Crippen LogP contribution in [0.5, 0.6) is 0 Å². The zero-order valence-electron chi connectivity index (χ0n) is 14.8. The molecule has 0 aromatic carbocycles. The molecule has 2 N–H and O–H groups in total. The summed E-state index contributed by atoms with van der Waals surface area (Å²) in [5.74, 6) is 0.827. The van der Waals surface area contributed by atoms with E-state index in [9.17, 15) is 0 Å². The molecule has 1 heterocycles. The number of hydrogen-bond donors (Lipinski definition) is 2. The zero-order chi connectivity index (χ0) is 17.3. The molecule has 0 amide bonds. The Morgan fingerprint density at radius 2 is 2.12 bits per heavy atom. The summed E-state index contributed by atoms with van der Waals surface area (Å²) in [6.45, 7) is 5.31. The molecule has 0 aliphatic heterocycles. The zero-order valence-corrected chi connectivity index (χ0v) is 15.5. The SMILES string of the molecule is CCOCCC1(CNC(=NC)NCc2ccc(Cl)nc2)CCCC1. The molecule has 0 spiro atoms. The highest BCUT2D eigenvalue weighted by Crippen LogP contribution is 2.40. The van der Waals surface area contributed by atoms with Gasteiger partial charge in [0.1, 0.15) is 5.15 Å². The van der Waals surface area contributed by atoms with Crippen molar-refractivity contribution in [1.82, 2.24) is 15.6 Å². The Hall–Kier alpha value is -1.33. The van der Waals surface area contributed by atoms with Gasteiger partial charge in [-0.1, -0.05) is 30.5 Å². The molecule has 0 bridgehead atoms. The van der Waals surface area contributed by atoms with Crippen LogP contribution in [-0.2, 0) is 11.3 Å². The first-order valence-electron chi connectivity index (χ1n) is 8.80. The van der Waals surface area contributed by atoms with E-state index in [1.54, 1.807) is 19.3 Å². The molecule has 24 heavy (non-hydrogen) atoms. The predicted molar refractivity (Wildman–Crippen MR) is 99.5 cm³/mol. The van der Waals surface area contributed by atoms with Crippen LogP contribution >= 0.6 is 11.6 Å². The molecule has 0 unspecified atom stereocenters. The van der Waals surface area contributed by atoms with Crippen LogP contribution in [0.3, 0.4) is 0 Å². The Bertz CT molecular complexity index is 512. The predicted octanol–water partition coefficient (Wildman–Crippen LogP) is 3.39. The molecule has 1 aliphatic carbocycles. The minimum Gasteiger partial charge on any atom is -0.382 e. The van der Waals surface area contributed by atoms with Crippen molar-refractivity contribution in [3.8, 4) is 0 Å². The van der Waals surface area contributed by atoms with Crippen LogP contribution in [0, 0.1) is 5.41 Å². The summed E-state index contributed by atoms with van der Waals surface area (Å²) in [7, 11) is 1.80. The molecule has 1 fully saturated rings. The summed E-state index contributed by atoms with van der Waals surface area (Å²) in [4.78, 5) is 8.42. The van der Waals surface area contributed by atoms with Gasteiger partial charge in [0.25, 0.3) is 0 Å². The summed E-state index contributed by atoms with van der Waals surface area (Å²) < 4.78 is 5.58. The number of halogens is 1. The van der Waals surface area contributed by atoms with Gasteiger partial charge in [0.05, 0.1) is 0 Å². The van der Waals surface area contributed by atoms with Gasteiger partial charge in [-0.05, 0) is 43.2 Å². The van der Waals surface area contributed by atoms with Crippen molar-refractivity contribution in [2.24, 2.45) is 10.4 Å². The topological polar surface area (TPSA) is 58.5 Å². The van der Waals surface area contributed by atoms with Crippen LogP contribution < -0.4 is 10.6 Å². The molecule has 0 radical (unpaired) electrons. The average molecular weight is 353 g/mol. The van der Waals surface area contributed by atoms with Gasteiger partial charge in [-0.3, -0.25) is 4.99 Å². The Morgan fingerprint density at radius 3 is 2.75 bits per heavy atom. The molecule has 5 nitrogen and oxygen atoms in total. The largest absolute Gasteiger partial charge is 0.382 e. The molecule has 1 aliphatic rings. The quantitative estimate of drug-likeness (QED) is 0.326. The number of ether oxygens (including phenoxy) is 1. The lowest BCUT2D eigenvalue weighted by Gasteiger charge is -2.30. The maximum Gasteiger partial charge on any atom is 0.191 e. The summed E-state index contributed by atoms with van der Waals surface area (Å²) in [6, 6.07) is 3.77. The van der Waals surface area contributed by atoms with Crippen LogP contribution in [0.2, 0.25) is 5.15 Å². The van der Waals surface area contributed by atoms with Gasteiger partial charge in [0.15, 0.2) is 5.96 Å². The van der Waals surface area contributed by atoms with Gasteiger partial charge in [-0.15, -0.1) is 0 Å². The Labute approximate surface area is 150 Å². The van der Waals surface area contributed by atoms with Gasteiger partial charge in [0, 0.05) is 39.5 Å². The van der Waals surface area contributed by atoms with Crippen LogP contribution in [0.1, 0.15) is 44.6 Å². The van der Waals surface area contributed by atoms with Crippen LogP contribution in [0.15, 0.2) is 23.3 Å². The van der Waals surface area contributed by atoms with Gasteiger partial charge < -0.3 is 15.4 Å². The first kappa shape index (κ1) is 19.0. The molecule has 6 heteroatoms. The second-order valence-electron chi connectivity index (χ2n) is 6.42. The number of rotatable bonds is 8. The van der Waals surface area contributed by atoms with Crippen molar-refractivity contribution in [3.05, 3.63) is 29.0 Å². The Kier molecular flexibility index (Phi) is 7.79. The molecule has 1 saturated carbocycles. The molecular weight excluding hydrogens is 324 g/mol. The fourth-order valence-electron chi connectivity index (χ4n) is 3.26. The maximum absolute atomic E-state index is 5.81. The maximum atomic E-state index is 5.81. The van der Waals surface area contributed by atoms with E-state index in [0.29, 0.717) is 17.1 Å². The Balaban J connectivity index is 1.81. The van der Waals surface area contributed by atoms with E-state index in [1.165, 1.54) is 25.7 Å². The second kappa shape index (κ2) is 9.84. The molecule has 2 rings (SSSR count). The molecule has 0 atom stereocenters. The standard InChI is InChI=1S/C18H29ClN4O/c1-3-24-11-10-18(8-4-5-9-18)14-23-17(20-2)22-13-15-6-7-16(19)21-12-15/h6-7,12H,3-5,8-11,13-14H2,1-2H3,(H2,20,22,23). The summed E-state index contributed by atoms with van der Waals surface area (Å²) in [6.07, 6.45) is 8.07. The molecule has 134 valence electrons. The molecule has 1 aromatic heterocycles. The van der Waals surface area contributed by atoms with Crippen molar-refractivity contribution in [2.75, 3.05) is 26.8 Å². The monoisotopic (exact) mass is 352 g/mol. The minimum atomic E-state index is 0.342. The first-order chi connectivity index (χ1) is 11.7. The number of nitrogens with one attached hydrogen (secondary N) is 2. The number of hydrogen-bond acceptors (Lipinski definition) is 3. The number of aliphatic imine (C=N–C) groups is 1. The van der Waals surface area contributed by atoms with Crippen molar-refractivity contribution >= 4 is 17.6 Å². The van der Waals surface area contributed by atoms with E-state index in [4.69, 9.17) is 16.3 Å². The third-order valence-electron chi connectivity index (χ3n) is 4.75. The summed E-state index contributed by atoms with van der Waals surface area (Å²) >= 11 is 5.81. The molecule has 0 saturated heterocycles. The van der Waals surface area contributed by atoms with E-state index in [1.807, 2.05) is 6.07 Å². The van der Waals surface area contributed by atoms with Crippen LogP contribution in [0.25, 0.3) is 0 Å². The van der Waals surface area contributed by atoms with Gasteiger partial charge in [0.2, 0.25) is 0 Å². The smallest absolute Gasteiger partial charge is 0.191 e. The second-order valence-corrected chi connectivity index (χ2v) is 6.81. The van der Waals surface area contributed by atoms with E-state index >= 15 is 0 Å². The number of nitrogens with zero attached hydrogens (tertiary/aromatic N) is 2. The lowest BCUT2D eigenvalue weighted by molar-refractivity contribution is 0.105. The van der Waals surface area contributed by atoms with E-state index in [-0.39, 0.29) is 0 Å². The Morgan fingerprint density at radius 1 is 1.33 bits per heavy atom. The molecular formula is C18H29ClN4O. The van der Waals surface area contributed by atoms with Gasteiger partial charge in [-0.25, -0.2) is 4.98 Å². The average Bonchev–Trinajstić information content (AvgIpc) is 3.06. The summed E-state index contributed by atoms with van der Waals surface area (Å²) in [5, 5.41) is 7.35. The van der Waals surface area contributed by atoms with Crippen LogP contribution in [-0.4, -0.2) is 37.7 Å². The fourth-order valence-corrected chi connectivity index (χ4v) is 3.37. The highest BCUT2D eigenvalue weighted by atomic mass is 35.5. The highest BCUT2D eigenvalue weighted by Gasteiger charge is 2.33. The van der Waals surface area contributed by atoms with Crippen molar-refractivity contribution in [3.63, 3.8) is 0 Å². The van der Waals surface area contributed by atoms with Crippen LogP contribution in [0.4, 0.5) is 0 Å². The third kappa shape index (κ3) is 5.95. The minimum absolute atomic E-state index is 0.342. The third-order valence-corrected chi connectivity index (χ3v) is 4.97. The first-order valence-corrected chi connectivity index (χ1v) is 9.18.